The van der Waals surface area contributed by atoms with Crippen LogP contribution in [0.25, 0.3) is 0 Å². The van der Waals surface area contributed by atoms with E-state index in [9.17, 15) is 22.8 Å². The third-order valence-corrected chi connectivity index (χ3v) is 5.70. The number of alkyl halides is 3. The summed E-state index contributed by atoms with van der Waals surface area (Å²) in [4.78, 5) is 36.0. The van der Waals surface area contributed by atoms with E-state index in [0.29, 0.717) is 36.8 Å². The smallest absolute Gasteiger partial charge is 0.388 e. The van der Waals surface area contributed by atoms with Crippen LogP contribution in [0.2, 0.25) is 5.02 Å². The van der Waals surface area contributed by atoms with Crippen molar-refractivity contribution in [1.82, 2.24) is 9.88 Å². The number of anilines is 2. The molecule has 2 N–H and O–H groups in total. The van der Waals surface area contributed by atoms with E-state index in [4.69, 9.17) is 16.4 Å². The van der Waals surface area contributed by atoms with Gasteiger partial charge in [-0.2, -0.15) is 13.2 Å². The minimum Gasteiger partial charge on any atom is -0.388 e. The fourth-order valence-electron chi connectivity index (χ4n) is 3.64. The van der Waals surface area contributed by atoms with Gasteiger partial charge in [-0.05, 0) is 30.3 Å². The zero-order chi connectivity index (χ0) is 23.6. The summed E-state index contributed by atoms with van der Waals surface area (Å²) in [6.45, 7) is 0.599. The van der Waals surface area contributed by atoms with E-state index in [1.54, 1.807) is 12.1 Å². The fourth-order valence-corrected chi connectivity index (χ4v) is 3.75. The van der Waals surface area contributed by atoms with Crippen LogP contribution in [0.5, 0.6) is 0 Å². The number of nitrogens with one attached hydrogen (secondary N) is 2. The Balaban J connectivity index is 1.29. The number of benzene rings is 1. The van der Waals surface area contributed by atoms with Crippen LogP contribution in [0, 0.1) is 0 Å². The number of oxime groups is 1. The Labute approximate surface area is 191 Å². The number of rotatable bonds is 3. The molecule has 2 aliphatic rings. The minimum absolute atomic E-state index is 0.0605. The van der Waals surface area contributed by atoms with Gasteiger partial charge in [0, 0.05) is 44.2 Å². The minimum atomic E-state index is -4.49. The molecule has 1 fully saturated rings. The summed E-state index contributed by atoms with van der Waals surface area (Å²) in [5, 5.41) is 9.49. The molecule has 0 unspecified atom stereocenters. The molecule has 12 heteroatoms. The topological polar surface area (TPSA) is 95.9 Å². The number of nitrogens with zero attached hydrogens (tertiary/aromatic N) is 3. The van der Waals surface area contributed by atoms with Gasteiger partial charge >= 0.3 is 12.2 Å². The maximum Gasteiger partial charge on any atom is 0.416 e. The number of carbonyl (C=O) groups excluding carboxylic acids is 2. The normalized spacial score (nSPS) is 17.3. The van der Waals surface area contributed by atoms with E-state index < -0.39 is 29.3 Å². The molecule has 0 radical (unpaired) electrons. The molecule has 3 heterocycles. The van der Waals surface area contributed by atoms with E-state index in [-0.39, 0.29) is 17.8 Å². The Morgan fingerprint density at radius 2 is 1.88 bits per heavy atom. The number of carbonyl (C=O) groups is 2. The molecule has 2 aromatic rings. The van der Waals surface area contributed by atoms with Gasteiger partial charge in [0.2, 0.25) is 0 Å². The zero-order valence-electron chi connectivity index (χ0n) is 17.2. The second-order valence-electron chi connectivity index (χ2n) is 7.80. The number of hydrogen-bond donors (Lipinski definition) is 2. The Hall–Kier alpha value is -3.34. The molecule has 0 bridgehead atoms. The van der Waals surface area contributed by atoms with Gasteiger partial charge in [0.05, 0.1) is 10.6 Å². The number of aromatic nitrogens is 1. The molecule has 0 saturated carbocycles. The summed E-state index contributed by atoms with van der Waals surface area (Å²) in [5.41, 5.74) is -1.26. The summed E-state index contributed by atoms with van der Waals surface area (Å²) < 4.78 is 38.6. The molecule has 174 valence electrons. The van der Waals surface area contributed by atoms with Crippen LogP contribution < -0.4 is 10.6 Å². The van der Waals surface area contributed by atoms with Crippen LogP contribution >= 0.6 is 11.6 Å². The van der Waals surface area contributed by atoms with Gasteiger partial charge in [0.15, 0.2) is 0 Å². The summed E-state index contributed by atoms with van der Waals surface area (Å²) in [6.07, 6.45) is -1.97. The highest BCUT2D eigenvalue weighted by Crippen LogP contribution is 2.35. The van der Waals surface area contributed by atoms with Crippen LogP contribution in [0.3, 0.4) is 0 Å². The molecule has 1 saturated heterocycles. The molecule has 1 aromatic carbocycles. The Bertz CT molecular complexity index is 1080. The van der Waals surface area contributed by atoms with E-state index in [2.05, 4.69) is 20.8 Å². The Morgan fingerprint density at radius 1 is 1.12 bits per heavy atom. The Morgan fingerprint density at radius 3 is 2.55 bits per heavy atom. The van der Waals surface area contributed by atoms with E-state index in [0.717, 1.165) is 12.1 Å². The maximum absolute atomic E-state index is 12.9. The highest BCUT2D eigenvalue weighted by molar-refractivity contribution is 6.43. The van der Waals surface area contributed by atoms with Crippen LogP contribution in [-0.4, -0.2) is 46.2 Å². The molecule has 0 atom stereocenters. The van der Waals surface area contributed by atoms with Crippen molar-refractivity contribution in [2.24, 2.45) is 5.16 Å². The van der Waals surface area contributed by atoms with Crippen LogP contribution in [0.4, 0.5) is 29.5 Å². The number of piperidine rings is 1. The van der Waals surface area contributed by atoms with Crippen molar-refractivity contribution in [1.29, 1.82) is 0 Å². The van der Waals surface area contributed by atoms with Gasteiger partial charge in [-0.25, -0.2) is 9.78 Å². The van der Waals surface area contributed by atoms with Gasteiger partial charge < -0.3 is 20.4 Å². The SMILES string of the molecule is O=C(Nc1ccc(Cl)cn1)C1=NOC2(CCN(C(=O)Nc3cccc(C(F)(F)F)c3)CC2)C1. The number of amides is 3. The molecule has 2 aliphatic heterocycles. The van der Waals surface area contributed by atoms with Crippen molar-refractivity contribution in [2.75, 3.05) is 23.7 Å². The predicted molar refractivity (Wildman–Crippen MR) is 115 cm³/mol. The summed E-state index contributed by atoms with van der Waals surface area (Å²) in [5.74, 6) is -0.111. The molecule has 3 amide bonds. The average molecular weight is 482 g/mol. The van der Waals surface area contributed by atoms with Crippen LogP contribution in [-0.2, 0) is 15.8 Å². The number of pyridine rings is 1. The third-order valence-electron chi connectivity index (χ3n) is 5.47. The first-order chi connectivity index (χ1) is 15.6. The first-order valence-corrected chi connectivity index (χ1v) is 10.4. The van der Waals surface area contributed by atoms with Crippen LogP contribution in [0.1, 0.15) is 24.8 Å². The summed E-state index contributed by atoms with van der Waals surface area (Å²) >= 11 is 5.78. The number of halogens is 4. The second-order valence-corrected chi connectivity index (χ2v) is 8.24. The average Bonchev–Trinajstić information content (AvgIpc) is 3.19. The van der Waals surface area contributed by atoms with Gasteiger partial charge in [-0.15, -0.1) is 0 Å². The van der Waals surface area contributed by atoms with Gasteiger partial charge in [-0.3, -0.25) is 4.79 Å². The molecule has 8 nitrogen and oxygen atoms in total. The predicted octanol–water partition coefficient (Wildman–Crippen LogP) is 4.54. The van der Waals surface area contributed by atoms with E-state index in [1.165, 1.54) is 23.2 Å². The largest absolute Gasteiger partial charge is 0.416 e. The first-order valence-electron chi connectivity index (χ1n) is 10.0. The summed E-state index contributed by atoms with van der Waals surface area (Å²) in [7, 11) is 0. The van der Waals surface area contributed by atoms with Crippen molar-refractivity contribution in [3.05, 3.63) is 53.2 Å². The number of hydrogen-bond acceptors (Lipinski definition) is 5. The second kappa shape index (κ2) is 8.89. The zero-order valence-corrected chi connectivity index (χ0v) is 17.9. The maximum atomic E-state index is 12.9. The molecule has 33 heavy (non-hydrogen) atoms. The lowest BCUT2D eigenvalue weighted by atomic mass is 9.87. The Kier molecular flexibility index (Phi) is 6.15. The fraction of sp³-hybridized carbons (Fsp3) is 0.333. The van der Waals surface area contributed by atoms with Crippen molar-refractivity contribution >= 4 is 40.8 Å². The van der Waals surface area contributed by atoms with Crippen molar-refractivity contribution in [3.63, 3.8) is 0 Å². The lowest BCUT2D eigenvalue weighted by molar-refractivity contribution is -0.137. The molecule has 1 spiro atoms. The molecule has 1 aromatic heterocycles. The lowest BCUT2D eigenvalue weighted by Gasteiger charge is -2.37. The third kappa shape index (κ3) is 5.36. The molecule has 0 aliphatic carbocycles. The monoisotopic (exact) mass is 481 g/mol. The highest BCUT2D eigenvalue weighted by atomic mass is 35.5. The lowest BCUT2D eigenvalue weighted by Crippen LogP contribution is -2.48. The number of urea groups is 1. The number of likely N-dealkylation sites (tertiary alicyclic amines) is 1. The van der Waals surface area contributed by atoms with Crippen molar-refractivity contribution < 1.29 is 27.6 Å². The standard InChI is InChI=1S/C21H19ClF3N5O3/c22-14-4-5-17(26-12-14)28-18(31)16-11-20(33-29-16)6-8-30(9-7-20)19(32)27-15-3-1-2-13(10-15)21(23,24)25/h1-5,10,12H,6-9,11H2,(H,27,32)(H,26,28,31). The van der Waals surface area contributed by atoms with Gasteiger partial charge in [0.1, 0.15) is 17.1 Å². The molecular weight excluding hydrogens is 463 g/mol. The van der Waals surface area contributed by atoms with Crippen molar-refractivity contribution in [2.45, 2.75) is 31.0 Å². The van der Waals surface area contributed by atoms with Gasteiger partial charge in [0.25, 0.3) is 5.91 Å². The van der Waals surface area contributed by atoms with E-state index >= 15 is 0 Å². The first kappa shape index (κ1) is 22.8. The highest BCUT2D eigenvalue weighted by Gasteiger charge is 2.44. The molecule has 4 rings (SSSR count). The van der Waals surface area contributed by atoms with Gasteiger partial charge in [-0.1, -0.05) is 22.8 Å². The van der Waals surface area contributed by atoms with Crippen LogP contribution in [0.15, 0.2) is 47.8 Å². The van der Waals surface area contributed by atoms with Crippen molar-refractivity contribution in [3.8, 4) is 0 Å². The van der Waals surface area contributed by atoms with E-state index in [1.807, 2.05) is 0 Å². The quantitative estimate of drug-likeness (QED) is 0.673. The summed E-state index contributed by atoms with van der Waals surface area (Å²) in [6, 6.07) is 7.11. The molecular formula is C21H19ClF3N5O3.